The summed E-state index contributed by atoms with van der Waals surface area (Å²) in [6, 6.07) is 8.75. The van der Waals surface area contributed by atoms with E-state index in [0.717, 1.165) is 26.2 Å². The van der Waals surface area contributed by atoms with Gasteiger partial charge in [0.2, 0.25) is 0 Å². The van der Waals surface area contributed by atoms with Crippen LogP contribution in [0.25, 0.3) is 0 Å². The summed E-state index contributed by atoms with van der Waals surface area (Å²) in [6.07, 6.45) is 0. The average molecular weight is 273 g/mol. The van der Waals surface area contributed by atoms with E-state index in [1.54, 1.807) is 0 Å². The minimum absolute atomic E-state index is 0. The molecule has 4 heteroatoms. The molecule has 1 aromatic rings. The molecule has 1 aliphatic heterocycles. The monoisotopic (exact) mass is 272 g/mol. The van der Waals surface area contributed by atoms with Crippen molar-refractivity contribution >= 4 is 29.9 Å². The second kappa shape index (κ2) is 7.85. The first-order chi connectivity index (χ1) is 7.92. The molecule has 2 rings (SSSR count). The SMILES string of the molecule is CCSCCN1CCNCc2ccccc21.Cl. The number of hydrogen-bond donors (Lipinski definition) is 1. The van der Waals surface area contributed by atoms with E-state index in [2.05, 4.69) is 41.4 Å². The molecule has 0 aliphatic carbocycles. The molecule has 1 aromatic carbocycles. The van der Waals surface area contributed by atoms with Crippen molar-refractivity contribution in [2.75, 3.05) is 36.0 Å². The van der Waals surface area contributed by atoms with Gasteiger partial charge in [-0.25, -0.2) is 0 Å². The van der Waals surface area contributed by atoms with Crippen LogP contribution in [0, 0.1) is 0 Å². The largest absolute Gasteiger partial charge is 0.369 e. The van der Waals surface area contributed by atoms with E-state index in [1.165, 1.54) is 22.8 Å². The van der Waals surface area contributed by atoms with E-state index in [9.17, 15) is 0 Å². The Balaban J connectivity index is 0.00000144. The molecule has 0 bridgehead atoms. The number of rotatable bonds is 4. The summed E-state index contributed by atoms with van der Waals surface area (Å²) < 4.78 is 0. The molecule has 0 saturated carbocycles. The van der Waals surface area contributed by atoms with E-state index in [4.69, 9.17) is 0 Å². The van der Waals surface area contributed by atoms with Crippen LogP contribution in [0.5, 0.6) is 0 Å². The van der Waals surface area contributed by atoms with Crippen molar-refractivity contribution in [1.82, 2.24) is 5.32 Å². The first kappa shape index (κ1) is 14.7. The number of nitrogens with zero attached hydrogens (tertiary/aromatic N) is 1. The van der Waals surface area contributed by atoms with Crippen LogP contribution in [0.15, 0.2) is 24.3 Å². The number of thioether (sulfide) groups is 1. The zero-order valence-electron chi connectivity index (χ0n) is 10.3. The smallest absolute Gasteiger partial charge is 0.0412 e. The highest BCUT2D eigenvalue weighted by Gasteiger charge is 2.13. The van der Waals surface area contributed by atoms with Crippen molar-refractivity contribution in [1.29, 1.82) is 0 Å². The van der Waals surface area contributed by atoms with Gasteiger partial charge in [-0.05, 0) is 17.4 Å². The topological polar surface area (TPSA) is 15.3 Å². The Morgan fingerprint density at radius 1 is 1.35 bits per heavy atom. The molecule has 17 heavy (non-hydrogen) atoms. The van der Waals surface area contributed by atoms with Crippen molar-refractivity contribution in [3.8, 4) is 0 Å². The van der Waals surface area contributed by atoms with E-state index in [-0.39, 0.29) is 12.4 Å². The molecule has 0 radical (unpaired) electrons. The lowest BCUT2D eigenvalue weighted by Gasteiger charge is -2.24. The lowest BCUT2D eigenvalue weighted by molar-refractivity contribution is 0.696. The van der Waals surface area contributed by atoms with E-state index < -0.39 is 0 Å². The zero-order valence-corrected chi connectivity index (χ0v) is 11.9. The van der Waals surface area contributed by atoms with Crippen molar-refractivity contribution in [2.24, 2.45) is 0 Å². The molecule has 1 N–H and O–H groups in total. The molecule has 0 fully saturated rings. The maximum atomic E-state index is 3.48. The molecule has 0 amide bonds. The maximum Gasteiger partial charge on any atom is 0.0412 e. The summed E-state index contributed by atoms with van der Waals surface area (Å²) in [5.41, 5.74) is 2.85. The van der Waals surface area contributed by atoms with Crippen LogP contribution in [-0.4, -0.2) is 31.1 Å². The molecule has 1 heterocycles. The summed E-state index contributed by atoms with van der Waals surface area (Å²) in [5.74, 6) is 2.44. The molecule has 0 atom stereocenters. The van der Waals surface area contributed by atoms with Gasteiger partial charge in [0.25, 0.3) is 0 Å². The number of halogens is 1. The van der Waals surface area contributed by atoms with Gasteiger partial charge in [0.15, 0.2) is 0 Å². The molecule has 0 spiro atoms. The molecule has 2 nitrogen and oxygen atoms in total. The van der Waals surface area contributed by atoms with Crippen molar-refractivity contribution < 1.29 is 0 Å². The maximum absolute atomic E-state index is 3.48. The van der Waals surface area contributed by atoms with Gasteiger partial charge in [-0.15, -0.1) is 12.4 Å². The minimum atomic E-state index is 0. The number of benzene rings is 1. The summed E-state index contributed by atoms with van der Waals surface area (Å²) >= 11 is 2.02. The summed E-state index contributed by atoms with van der Waals surface area (Å²) in [4.78, 5) is 2.51. The zero-order chi connectivity index (χ0) is 11.2. The van der Waals surface area contributed by atoms with Crippen LogP contribution in [0.2, 0.25) is 0 Å². The fourth-order valence-electron chi connectivity index (χ4n) is 2.08. The third-order valence-corrected chi connectivity index (χ3v) is 3.80. The van der Waals surface area contributed by atoms with Gasteiger partial charge in [-0.2, -0.15) is 11.8 Å². The van der Waals surface area contributed by atoms with Crippen molar-refractivity contribution in [3.05, 3.63) is 29.8 Å². The molecule has 96 valence electrons. The Kier molecular flexibility index (Phi) is 6.78. The predicted octanol–water partition coefficient (Wildman–Crippen LogP) is 2.77. The molecule has 0 saturated heterocycles. The predicted molar refractivity (Wildman–Crippen MR) is 80.6 cm³/mol. The highest BCUT2D eigenvalue weighted by atomic mass is 35.5. The van der Waals surface area contributed by atoms with Crippen LogP contribution < -0.4 is 10.2 Å². The van der Waals surface area contributed by atoms with Crippen LogP contribution in [0.3, 0.4) is 0 Å². The van der Waals surface area contributed by atoms with Gasteiger partial charge in [-0.1, -0.05) is 25.1 Å². The highest BCUT2D eigenvalue weighted by Crippen LogP contribution is 2.22. The number of para-hydroxylation sites is 1. The quantitative estimate of drug-likeness (QED) is 0.849. The minimum Gasteiger partial charge on any atom is -0.369 e. The van der Waals surface area contributed by atoms with Crippen LogP contribution in [0.1, 0.15) is 12.5 Å². The summed E-state index contributed by atoms with van der Waals surface area (Å²) in [7, 11) is 0. The second-order valence-electron chi connectivity index (χ2n) is 3.99. The Morgan fingerprint density at radius 2 is 2.18 bits per heavy atom. The van der Waals surface area contributed by atoms with E-state index in [1.807, 2.05) is 11.8 Å². The van der Waals surface area contributed by atoms with Gasteiger partial charge in [0.05, 0.1) is 0 Å². The first-order valence-electron chi connectivity index (χ1n) is 6.03. The number of anilines is 1. The van der Waals surface area contributed by atoms with Gasteiger partial charge in [-0.3, -0.25) is 0 Å². The van der Waals surface area contributed by atoms with E-state index in [0.29, 0.717) is 0 Å². The first-order valence-corrected chi connectivity index (χ1v) is 7.18. The second-order valence-corrected chi connectivity index (χ2v) is 5.38. The van der Waals surface area contributed by atoms with Gasteiger partial charge < -0.3 is 10.2 Å². The fraction of sp³-hybridized carbons (Fsp3) is 0.538. The molecular formula is C13H21ClN2S. The number of nitrogens with one attached hydrogen (secondary N) is 1. The Hall–Kier alpha value is -0.380. The summed E-state index contributed by atoms with van der Waals surface area (Å²) in [6.45, 7) is 6.61. The molecule has 0 aromatic heterocycles. The normalized spacial score (nSPS) is 14.8. The third-order valence-electron chi connectivity index (χ3n) is 2.92. The molecular weight excluding hydrogens is 252 g/mol. The van der Waals surface area contributed by atoms with Crippen LogP contribution >= 0.6 is 24.2 Å². The highest BCUT2D eigenvalue weighted by molar-refractivity contribution is 7.99. The fourth-order valence-corrected chi connectivity index (χ4v) is 2.72. The Labute approximate surface area is 115 Å². The van der Waals surface area contributed by atoms with E-state index >= 15 is 0 Å². The lowest BCUT2D eigenvalue weighted by atomic mass is 10.1. The standard InChI is InChI=1S/C13H20N2S.ClH/c1-2-16-10-9-15-8-7-14-11-12-5-3-4-6-13(12)15;/h3-6,14H,2,7-11H2,1H3;1H. The van der Waals surface area contributed by atoms with Gasteiger partial charge >= 0.3 is 0 Å². The Morgan fingerprint density at radius 3 is 3.00 bits per heavy atom. The average Bonchev–Trinajstić information content (AvgIpc) is 2.52. The van der Waals surface area contributed by atoms with Crippen LogP contribution in [0.4, 0.5) is 5.69 Å². The lowest BCUT2D eigenvalue weighted by Crippen LogP contribution is -2.30. The Bertz CT molecular complexity index is 333. The number of hydrogen-bond acceptors (Lipinski definition) is 3. The molecule has 1 aliphatic rings. The van der Waals surface area contributed by atoms with Gasteiger partial charge in [0.1, 0.15) is 0 Å². The summed E-state index contributed by atoms with van der Waals surface area (Å²) in [5, 5.41) is 3.48. The number of fused-ring (bicyclic) bond motifs is 1. The van der Waals surface area contributed by atoms with Crippen molar-refractivity contribution in [3.63, 3.8) is 0 Å². The molecule has 0 unspecified atom stereocenters. The van der Waals surface area contributed by atoms with Crippen molar-refractivity contribution in [2.45, 2.75) is 13.5 Å². The third kappa shape index (κ3) is 4.09. The van der Waals surface area contributed by atoms with Gasteiger partial charge in [0, 0.05) is 37.6 Å². The van der Waals surface area contributed by atoms with Crippen LogP contribution in [-0.2, 0) is 6.54 Å².